The molecule has 4 rings (SSSR count). The van der Waals surface area contributed by atoms with E-state index in [9.17, 15) is 10.1 Å². The van der Waals surface area contributed by atoms with Gasteiger partial charge in [0, 0.05) is 10.4 Å². The maximum atomic E-state index is 11.5. The van der Waals surface area contributed by atoms with E-state index < -0.39 is 0 Å². The fourth-order valence-corrected chi connectivity index (χ4v) is 4.53. The number of rotatable bonds is 4. The van der Waals surface area contributed by atoms with Gasteiger partial charge in [-0.1, -0.05) is 12.1 Å². The van der Waals surface area contributed by atoms with Gasteiger partial charge < -0.3 is 9.15 Å². The molecule has 0 bridgehead atoms. The van der Waals surface area contributed by atoms with Gasteiger partial charge in [0.25, 0.3) is 0 Å². The van der Waals surface area contributed by atoms with Gasteiger partial charge in [-0.3, -0.25) is 0 Å². The third-order valence-corrected chi connectivity index (χ3v) is 5.99. The van der Waals surface area contributed by atoms with E-state index in [1.165, 1.54) is 24.0 Å². The molecule has 2 heterocycles. The first kappa shape index (κ1) is 18.2. The minimum absolute atomic E-state index is 0.370. The molecule has 0 amide bonds. The van der Waals surface area contributed by atoms with E-state index in [0.29, 0.717) is 22.6 Å². The van der Waals surface area contributed by atoms with Gasteiger partial charge in [-0.15, -0.1) is 11.3 Å². The van der Waals surface area contributed by atoms with Gasteiger partial charge >= 0.3 is 5.97 Å². The highest BCUT2D eigenvalue weighted by molar-refractivity contribution is 7.16. The third-order valence-electron chi connectivity index (χ3n) is 4.79. The summed E-state index contributed by atoms with van der Waals surface area (Å²) < 4.78 is 10.6. The summed E-state index contributed by atoms with van der Waals surface area (Å²) >= 11 is 1.61. The molecular weight excluding hydrogens is 372 g/mol. The smallest absolute Gasteiger partial charge is 0.337 e. The Morgan fingerprint density at radius 3 is 2.75 bits per heavy atom. The molecule has 0 saturated carbocycles. The highest BCUT2D eigenvalue weighted by Gasteiger charge is 2.20. The number of nitriles is 1. The third kappa shape index (κ3) is 3.49. The van der Waals surface area contributed by atoms with Crippen LogP contribution in [0.1, 0.15) is 45.0 Å². The zero-order valence-electron chi connectivity index (χ0n) is 15.4. The number of esters is 1. The number of nitrogens with zero attached hydrogens (tertiary/aromatic N) is 2. The van der Waals surface area contributed by atoms with Crippen LogP contribution in [0.3, 0.4) is 0 Å². The second-order valence-corrected chi connectivity index (χ2v) is 7.62. The quantitative estimate of drug-likeness (QED) is 0.448. The molecule has 28 heavy (non-hydrogen) atoms. The van der Waals surface area contributed by atoms with Crippen LogP contribution < -0.4 is 0 Å². The summed E-state index contributed by atoms with van der Waals surface area (Å²) in [6, 6.07) is 13.0. The lowest BCUT2D eigenvalue weighted by Crippen LogP contribution is -2.00. The van der Waals surface area contributed by atoms with Crippen molar-refractivity contribution in [3.8, 4) is 17.4 Å². The predicted molar refractivity (Wildman–Crippen MR) is 108 cm³/mol. The van der Waals surface area contributed by atoms with Crippen LogP contribution in [0.4, 0.5) is 5.00 Å². The molecule has 1 aliphatic rings. The SMILES string of the molecule is COC(=O)c1ccc(-c2ccc(C=Nc3sc4c(c3C#N)CCCC4)o2)cc1. The molecule has 2 aromatic heterocycles. The molecule has 0 saturated heterocycles. The fraction of sp³-hybridized carbons (Fsp3) is 0.227. The number of carbonyl (C=O) groups excluding carboxylic acids is 1. The van der Waals surface area contributed by atoms with Crippen molar-refractivity contribution in [3.63, 3.8) is 0 Å². The van der Waals surface area contributed by atoms with Crippen molar-refractivity contribution in [3.05, 3.63) is 63.7 Å². The Kier molecular flexibility index (Phi) is 5.09. The van der Waals surface area contributed by atoms with Crippen molar-refractivity contribution < 1.29 is 13.9 Å². The average Bonchev–Trinajstić information content (AvgIpc) is 3.35. The second-order valence-electron chi connectivity index (χ2n) is 6.53. The molecule has 0 atom stereocenters. The van der Waals surface area contributed by atoms with Crippen LogP contribution in [0.5, 0.6) is 0 Å². The zero-order valence-corrected chi connectivity index (χ0v) is 16.2. The average molecular weight is 390 g/mol. The Balaban J connectivity index is 1.55. The van der Waals surface area contributed by atoms with Gasteiger partial charge in [0.15, 0.2) is 0 Å². The van der Waals surface area contributed by atoms with E-state index >= 15 is 0 Å². The van der Waals surface area contributed by atoms with E-state index in [1.807, 2.05) is 24.3 Å². The van der Waals surface area contributed by atoms with Crippen molar-refractivity contribution in [1.29, 1.82) is 5.26 Å². The lowest BCUT2D eigenvalue weighted by molar-refractivity contribution is 0.0600. The topological polar surface area (TPSA) is 75.6 Å². The van der Waals surface area contributed by atoms with Crippen molar-refractivity contribution in [1.82, 2.24) is 0 Å². The molecule has 5 nitrogen and oxygen atoms in total. The molecule has 6 heteroatoms. The largest absolute Gasteiger partial charge is 0.465 e. The number of fused-ring (bicyclic) bond motifs is 1. The molecule has 0 aliphatic heterocycles. The van der Waals surface area contributed by atoms with Gasteiger partial charge in [0.2, 0.25) is 0 Å². The summed E-state index contributed by atoms with van der Waals surface area (Å²) in [5.74, 6) is 0.928. The molecule has 0 N–H and O–H groups in total. The van der Waals surface area contributed by atoms with Crippen molar-refractivity contribution in [2.24, 2.45) is 4.99 Å². The minimum atomic E-state index is -0.370. The molecule has 0 radical (unpaired) electrons. The summed E-state index contributed by atoms with van der Waals surface area (Å²) in [6.07, 6.45) is 5.98. The highest BCUT2D eigenvalue weighted by atomic mass is 32.1. The molecule has 1 aliphatic carbocycles. The summed E-state index contributed by atoms with van der Waals surface area (Å²) in [5.41, 5.74) is 3.24. The van der Waals surface area contributed by atoms with Crippen LogP contribution in [-0.2, 0) is 17.6 Å². The number of hydrogen-bond donors (Lipinski definition) is 0. The highest BCUT2D eigenvalue weighted by Crippen LogP contribution is 2.39. The molecule has 0 spiro atoms. The zero-order chi connectivity index (χ0) is 19.5. The summed E-state index contributed by atoms with van der Waals surface area (Å²) in [5, 5.41) is 10.3. The summed E-state index contributed by atoms with van der Waals surface area (Å²) in [7, 11) is 1.36. The first-order valence-electron chi connectivity index (χ1n) is 9.07. The van der Waals surface area contributed by atoms with E-state index in [0.717, 1.165) is 29.8 Å². The fourth-order valence-electron chi connectivity index (χ4n) is 3.35. The van der Waals surface area contributed by atoms with Crippen LogP contribution in [0, 0.1) is 11.3 Å². The Hall–Kier alpha value is -3.17. The van der Waals surface area contributed by atoms with Crippen LogP contribution in [0.15, 0.2) is 45.8 Å². The maximum Gasteiger partial charge on any atom is 0.337 e. The number of carbonyl (C=O) groups is 1. The van der Waals surface area contributed by atoms with E-state index in [4.69, 9.17) is 9.15 Å². The minimum Gasteiger partial charge on any atom is -0.465 e. The molecule has 3 aromatic rings. The standard InChI is InChI=1S/C22H18N2O3S/c1-26-22(25)15-8-6-14(7-9-15)19-11-10-16(27-19)13-24-21-18(12-23)17-4-2-3-5-20(17)28-21/h6-11,13H,2-5H2,1H3. The first-order chi connectivity index (χ1) is 13.7. The number of furan rings is 1. The molecule has 140 valence electrons. The lowest BCUT2D eigenvalue weighted by atomic mass is 9.96. The lowest BCUT2D eigenvalue weighted by Gasteiger charge is -2.09. The Morgan fingerprint density at radius 2 is 2.00 bits per heavy atom. The van der Waals surface area contributed by atoms with Gasteiger partial charge in [-0.25, -0.2) is 9.79 Å². The Bertz CT molecular complexity index is 1080. The van der Waals surface area contributed by atoms with E-state index in [2.05, 4.69) is 11.1 Å². The van der Waals surface area contributed by atoms with Gasteiger partial charge in [-0.2, -0.15) is 5.26 Å². The Labute approximate surface area is 166 Å². The van der Waals surface area contributed by atoms with Gasteiger partial charge in [0.05, 0.1) is 24.5 Å². The van der Waals surface area contributed by atoms with Crippen molar-refractivity contribution >= 4 is 28.5 Å². The second kappa shape index (κ2) is 7.83. The van der Waals surface area contributed by atoms with Gasteiger partial charge in [0.1, 0.15) is 22.6 Å². The monoisotopic (exact) mass is 390 g/mol. The number of aliphatic imine (C=N–C) groups is 1. The number of thiophene rings is 1. The first-order valence-corrected chi connectivity index (χ1v) is 9.88. The molecular formula is C22H18N2O3S. The predicted octanol–water partition coefficient (Wildman–Crippen LogP) is 5.30. The normalized spacial score (nSPS) is 13.3. The number of ether oxygens (including phenoxy) is 1. The number of aryl methyl sites for hydroxylation is 1. The van der Waals surface area contributed by atoms with Crippen molar-refractivity contribution in [2.75, 3.05) is 7.11 Å². The summed E-state index contributed by atoms with van der Waals surface area (Å²) in [6.45, 7) is 0. The maximum absolute atomic E-state index is 11.5. The van der Waals surface area contributed by atoms with Crippen LogP contribution >= 0.6 is 11.3 Å². The molecule has 0 unspecified atom stereocenters. The number of benzene rings is 1. The van der Waals surface area contributed by atoms with Crippen molar-refractivity contribution in [2.45, 2.75) is 25.7 Å². The number of methoxy groups -OCH3 is 1. The molecule has 0 fully saturated rings. The Morgan fingerprint density at radius 1 is 1.21 bits per heavy atom. The van der Waals surface area contributed by atoms with Crippen LogP contribution in [0.2, 0.25) is 0 Å². The van der Waals surface area contributed by atoms with Crippen LogP contribution in [-0.4, -0.2) is 19.3 Å². The van der Waals surface area contributed by atoms with E-state index in [1.54, 1.807) is 29.7 Å². The molecule has 1 aromatic carbocycles. The summed E-state index contributed by atoms with van der Waals surface area (Å²) in [4.78, 5) is 17.3. The van der Waals surface area contributed by atoms with Crippen LogP contribution in [0.25, 0.3) is 11.3 Å². The number of hydrogen-bond acceptors (Lipinski definition) is 6. The van der Waals surface area contributed by atoms with E-state index in [-0.39, 0.29) is 5.97 Å². The van der Waals surface area contributed by atoms with Gasteiger partial charge in [-0.05, 0) is 55.5 Å².